The van der Waals surface area contributed by atoms with E-state index in [-0.39, 0.29) is 0 Å². The number of benzene rings is 11. The van der Waals surface area contributed by atoms with E-state index in [1.165, 1.54) is 49.4 Å². The summed E-state index contributed by atoms with van der Waals surface area (Å²) in [5.74, 6) is 0. The molecule has 0 bridgehead atoms. The average molecular weight is 938 g/mol. The van der Waals surface area contributed by atoms with Gasteiger partial charge < -0.3 is 13.7 Å². The van der Waals surface area contributed by atoms with Crippen LogP contribution in [0.5, 0.6) is 0 Å². The van der Waals surface area contributed by atoms with Gasteiger partial charge in [-0.15, -0.1) is 0 Å². The molecule has 0 radical (unpaired) electrons. The van der Waals surface area contributed by atoms with Crippen LogP contribution in [0.3, 0.4) is 0 Å². The molecule has 11 aromatic carbocycles. The van der Waals surface area contributed by atoms with Crippen LogP contribution in [0.15, 0.2) is 258 Å². The second-order valence-electron chi connectivity index (χ2n) is 19.5. The van der Waals surface area contributed by atoms with Crippen molar-refractivity contribution in [3.63, 3.8) is 0 Å². The Kier molecular flexibility index (Phi) is 9.67. The van der Waals surface area contributed by atoms with Crippen LogP contribution in [0.2, 0.25) is 13.1 Å². The third kappa shape index (κ3) is 6.64. The lowest BCUT2D eigenvalue weighted by Crippen LogP contribution is -2.50. The lowest BCUT2D eigenvalue weighted by atomic mass is 9.85. The summed E-state index contributed by atoms with van der Waals surface area (Å²) in [4.78, 5) is 2.49. The molecule has 72 heavy (non-hydrogen) atoms. The highest BCUT2D eigenvalue weighted by Gasteiger charge is 2.40. The van der Waals surface area contributed by atoms with Gasteiger partial charge in [0.15, 0.2) is 0 Å². The summed E-state index contributed by atoms with van der Waals surface area (Å²) in [5.41, 5.74) is 21.1. The molecule has 0 aliphatic carbocycles. The van der Waals surface area contributed by atoms with Gasteiger partial charge in [-0.25, -0.2) is 0 Å². The number of para-hydroxylation sites is 2. The van der Waals surface area contributed by atoms with E-state index < -0.39 is 8.07 Å². The molecule has 4 heteroatoms. The normalized spacial score (nSPS) is 12.7. The average Bonchev–Trinajstić information content (AvgIpc) is 4.09. The molecule has 2 aromatic heterocycles. The zero-order valence-electron chi connectivity index (χ0n) is 39.9. The molecular formula is C68H47NO2Si. The highest BCUT2D eigenvalue weighted by molar-refractivity contribution is 7.04. The highest BCUT2D eigenvalue weighted by Crippen LogP contribution is 2.50. The molecule has 0 saturated carbocycles. The van der Waals surface area contributed by atoms with Crippen LogP contribution in [0.1, 0.15) is 0 Å². The SMILES string of the molecule is C[Si]1(C)c2ccccc2-c2cccc(N(c3ccc(-c4ccccc4)cc3)c3ccc(-c4c(-c5ccc6oc7ccccc7c6c5-c5ccc(-c6ccccc6)cc5)ccc5oc6ccccc6c45)cc3)c21. The van der Waals surface area contributed by atoms with Gasteiger partial charge in [0.05, 0.1) is 0 Å². The van der Waals surface area contributed by atoms with Crippen molar-refractivity contribution in [2.45, 2.75) is 13.1 Å². The molecule has 13 aromatic rings. The van der Waals surface area contributed by atoms with Crippen molar-refractivity contribution in [1.82, 2.24) is 0 Å². The first-order valence-corrected chi connectivity index (χ1v) is 27.8. The fraction of sp³-hybridized carbons (Fsp3) is 0.0294. The summed E-state index contributed by atoms with van der Waals surface area (Å²) in [5, 5.41) is 7.33. The van der Waals surface area contributed by atoms with Crippen molar-refractivity contribution in [3.05, 3.63) is 249 Å². The smallest absolute Gasteiger partial charge is 0.136 e. The summed E-state index contributed by atoms with van der Waals surface area (Å²) in [7, 11) is -2.12. The third-order valence-corrected chi connectivity index (χ3v) is 18.7. The summed E-state index contributed by atoms with van der Waals surface area (Å²) < 4.78 is 13.3. The largest absolute Gasteiger partial charge is 0.456 e. The Bertz CT molecular complexity index is 4210. The van der Waals surface area contributed by atoms with Gasteiger partial charge in [-0.05, 0) is 133 Å². The molecular weight excluding hydrogens is 891 g/mol. The number of rotatable bonds is 8. The van der Waals surface area contributed by atoms with Crippen molar-refractivity contribution in [3.8, 4) is 66.8 Å². The zero-order valence-corrected chi connectivity index (χ0v) is 40.9. The predicted molar refractivity (Wildman–Crippen MR) is 305 cm³/mol. The Morgan fingerprint density at radius 3 is 1.26 bits per heavy atom. The Balaban J connectivity index is 0.983. The standard InChI is InChI=1S/C68H47NO2Si/c1-72(2)63-27-14-11-20-52(63)55-23-15-24-58(68(55)72)69(50-36-32-47(33-37-50)45-18-7-4-8-19-45)51-38-34-49(35-39-51)65-54(41-43-62-67(65)57-22-10-13-26-60(57)71-62)53-40-42-61-66(56-21-9-12-25-59(56)70-61)64(53)48-30-28-46(29-31-48)44-16-5-3-6-17-44/h3-43H,1-2H3. The van der Waals surface area contributed by atoms with Gasteiger partial charge in [-0.2, -0.15) is 0 Å². The van der Waals surface area contributed by atoms with Gasteiger partial charge in [0, 0.05) is 49.7 Å². The first-order valence-electron chi connectivity index (χ1n) is 24.8. The maximum absolute atomic E-state index is 6.68. The Morgan fingerprint density at radius 1 is 0.306 bits per heavy atom. The maximum atomic E-state index is 6.68. The number of hydrogen-bond acceptors (Lipinski definition) is 3. The molecule has 3 nitrogen and oxygen atoms in total. The van der Waals surface area contributed by atoms with Crippen LogP contribution in [-0.4, -0.2) is 8.07 Å². The Hall–Kier alpha value is -8.96. The van der Waals surface area contributed by atoms with Gasteiger partial charge in [0.25, 0.3) is 0 Å². The highest BCUT2D eigenvalue weighted by atomic mass is 28.3. The van der Waals surface area contributed by atoms with Crippen LogP contribution < -0.4 is 15.3 Å². The van der Waals surface area contributed by atoms with Crippen molar-refractivity contribution in [2.24, 2.45) is 0 Å². The minimum Gasteiger partial charge on any atom is -0.456 e. The molecule has 0 N–H and O–H groups in total. The maximum Gasteiger partial charge on any atom is 0.136 e. The topological polar surface area (TPSA) is 29.5 Å². The Labute approximate surface area is 419 Å². The molecule has 340 valence electrons. The van der Waals surface area contributed by atoms with E-state index in [0.717, 1.165) is 88.6 Å². The lowest BCUT2D eigenvalue weighted by Gasteiger charge is -2.31. The van der Waals surface area contributed by atoms with Crippen LogP contribution >= 0.6 is 0 Å². The molecule has 0 amide bonds. The van der Waals surface area contributed by atoms with Crippen molar-refractivity contribution >= 4 is 79.4 Å². The molecule has 1 aliphatic heterocycles. The quantitative estimate of drug-likeness (QED) is 0.142. The third-order valence-electron chi connectivity index (χ3n) is 15.1. The van der Waals surface area contributed by atoms with E-state index in [1.54, 1.807) is 0 Å². The van der Waals surface area contributed by atoms with Crippen LogP contribution in [0.25, 0.3) is 111 Å². The molecule has 0 fully saturated rings. The van der Waals surface area contributed by atoms with Crippen molar-refractivity contribution in [2.75, 3.05) is 4.90 Å². The fourth-order valence-electron chi connectivity index (χ4n) is 11.8. The van der Waals surface area contributed by atoms with Gasteiger partial charge in [-0.1, -0.05) is 195 Å². The molecule has 3 heterocycles. The molecule has 0 atom stereocenters. The Morgan fingerprint density at radius 2 is 0.722 bits per heavy atom. The molecule has 0 unspecified atom stereocenters. The van der Waals surface area contributed by atoms with Crippen LogP contribution in [0, 0.1) is 0 Å². The van der Waals surface area contributed by atoms with E-state index in [9.17, 15) is 0 Å². The van der Waals surface area contributed by atoms with E-state index in [0.29, 0.717) is 0 Å². The molecule has 0 spiro atoms. The first kappa shape index (κ1) is 42.0. The summed E-state index contributed by atoms with van der Waals surface area (Å²) in [6.07, 6.45) is 0. The van der Waals surface area contributed by atoms with Gasteiger partial charge in [0.2, 0.25) is 0 Å². The molecule has 0 saturated heterocycles. The summed E-state index contributed by atoms with van der Waals surface area (Å²) >= 11 is 0. The number of anilines is 3. The number of hydrogen-bond donors (Lipinski definition) is 0. The minimum atomic E-state index is -2.12. The number of nitrogens with zero attached hydrogens (tertiary/aromatic N) is 1. The van der Waals surface area contributed by atoms with Gasteiger partial charge in [0.1, 0.15) is 30.4 Å². The second kappa shape index (κ2) is 16.6. The fourth-order valence-corrected chi connectivity index (χ4v) is 15.2. The van der Waals surface area contributed by atoms with E-state index in [1.807, 2.05) is 6.07 Å². The van der Waals surface area contributed by atoms with Crippen LogP contribution in [-0.2, 0) is 0 Å². The van der Waals surface area contributed by atoms with E-state index in [2.05, 4.69) is 261 Å². The zero-order chi connectivity index (χ0) is 47.9. The minimum absolute atomic E-state index is 0.856. The summed E-state index contributed by atoms with van der Waals surface area (Å²) in [6.45, 7) is 5.02. The summed E-state index contributed by atoms with van der Waals surface area (Å²) in [6, 6.07) is 90.3. The number of furan rings is 2. The monoisotopic (exact) mass is 937 g/mol. The van der Waals surface area contributed by atoms with E-state index >= 15 is 0 Å². The van der Waals surface area contributed by atoms with Gasteiger partial charge in [-0.3, -0.25) is 0 Å². The van der Waals surface area contributed by atoms with Gasteiger partial charge >= 0.3 is 0 Å². The molecule has 1 aliphatic rings. The molecule has 14 rings (SSSR count). The number of fused-ring (bicyclic) bond motifs is 9. The predicted octanol–water partition coefficient (Wildman–Crippen LogP) is 18.1. The van der Waals surface area contributed by atoms with E-state index in [4.69, 9.17) is 8.83 Å². The van der Waals surface area contributed by atoms with Crippen molar-refractivity contribution < 1.29 is 8.83 Å². The first-order chi connectivity index (χ1) is 35.5. The lowest BCUT2D eigenvalue weighted by molar-refractivity contribution is 0.668. The van der Waals surface area contributed by atoms with Crippen LogP contribution in [0.4, 0.5) is 17.1 Å². The second-order valence-corrected chi connectivity index (χ2v) is 23.8. The van der Waals surface area contributed by atoms with Crippen molar-refractivity contribution in [1.29, 1.82) is 0 Å².